The second-order valence-electron chi connectivity index (χ2n) is 6.22. The predicted octanol–water partition coefficient (Wildman–Crippen LogP) is 1.36. The Morgan fingerprint density at radius 1 is 1.24 bits per heavy atom. The van der Waals surface area contributed by atoms with E-state index in [-0.39, 0.29) is 13.2 Å². The number of aromatic nitrogens is 2. The fourth-order valence-corrected chi connectivity index (χ4v) is 4.80. The van der Waals surface area contributed by atoms with Gasteiger partial charge in [0.15, 0.2) is 0 Å². The number of hydrogen-bond acceptors (Lipinski definition) is 6. The number of aliphatic hydroxyl groups excluding tert-OH is 2. The summed E-state index contributed by atoms with van der Waals surface area (Å²) in [6.45, 7) is 1.54. The van der Waals surface area contributed by atoms with E-state index in [1.54, 1.807) is 17.7 Å². The number of thiophene rings is 1. The standard InChI is InChI=1S/C15H19N3O2S/c19-7-15(8-20)4-5-18(6-15)13-12-10-2-1-3-11(10)21-14(12)17-9-16-13/h9,19-20H,1-8H2. The van der Waals surface area contributed by atoms with Crippen LogP contribution in [0.2, 0.25) is 0 Å². The molecule has 0 spiro atoms. The normalized spacial score (nSPS) is 20.4. The number of nitrogens with zero attached hydrogens (tertiary/aromatic N) is 3. The first-order valence-electron chi connectivity index (χ1n) is 7.48. The maximum Gasteiger partial charge on any atom is 0.141 e. The summed E-state index contributed by atoms with van der Waals surface area (Å²) in [7, 11) is 0. The highest BCUT2D eigenvalue weighted by Gasteiger charge is 2.38. The lowest BCUT2D eigenvalue weighted by atomic mass is 9.89. The number of rotatable bonds is 3. The van der Waals surface area contributed by atoms with Crippen LogP contribution in [0.4, 0.5) is 5.82 Å². The molecule has 2 N–H and O–H groups in total. The van der Waals surface area contributed by atoms with Gasteiger partial charge in [-0.3, -0.25) is 0 Å². The molecule has 0 radical (unpaired) electrons. The summed E-state index contributed by atoms with van der Waals surface area (Å²) in [6, 6.07) is 0. The van der Waals surface area contributed by atoms with Crippen LogP contribution >= 0.6 is 11.3 Å². The molecule has 0 saturated carbocycles. The molecular weight excluding hydrogens is 286 g/mol. The Morgan fingerprint density at radius 2 is 2.10 bits per heavy atom. The van der Waals surface area contributed by atoms with Crippen molar-refractivity contribution in [3.8, 4) is 0 Å². The van der Waals surface area contributed by atoms with Crippen LogP contribution in [0.15, 0.2) is 6.33 Å². The van der Waals surface area contributed by atoms with Crippen molar-refractivity contribution in [2.24, 2.45) is 5.41 Å². The Morgan fingerprint density at radius 3 is 2.86 bits per heavy atom. The Labute approximate surface area is 127 Å². The highest BCUT2D eigenvalue weighted by atomic mass is 32.1. The Bertz CT molecular complexity index is 681. The molecule has 2 aromatic rings. The van der Waals surface area contributed by atoms with E-state index in [2.05, 4.69) is 14.9 Å². The van der Waals surface area contributed by atoms with E-state index in [4.69, 9.17) is 0 Å². The first-order chi connectivity index (χ1) is 10.3. The van der Waals surface area contributed by atoms with Crippen molar-refractivity contribution >= 4 is 27.4 Å². The molecule has 21 heavy (non-hydrogen) atoms. The summed E-state index contributed by atoms with van der Waals surface area (Å²) in [5, 5.41) is 20.4. The first kappa shape index (κ1) is 13.4. The average molecular weight is 305 g/mol. The number of hydrogen-bond donors (Lipinski definition) is 2. The second kappa shape index (κ2) is 4.90. The van der Waals surface area contributed by atoms with Gasteiger partial charge in [-0.2, -0.15) is 0 Å². The third-order valence-electron chi connectivity index (χ3n) is 4.89. The topological polar surface area (TPSA) is 69.5 Å². The van der Waals surface area contributed by atoms with Crippen molar-refractivity contribution in [1.82, 2.24) is 9.97 Å². The zero-order valence-electron chi connectivity index (χ0n) is 11.9. The summed E-state index contributed by atoms with van der Waals surface area (Å²) >= 11 is 1.79. The van der Waals surface area contributed by atoms with Gasteiger partial charge in [0.25, 0.3) is 0 Å². The van der Waals surface area contributed by atoms with E-state index >= 15 is 0 Å². The lowest BCUT2D eigenvalue weighted by Crippen LogP contribution is -2.34. The smallest absolute Gasteiger partial charge is 0.141 e. The van der Waals surface area contributed by atoms with Crippen molar-refractivity contribution in [2.45, 2.75) is 25.7 Å². The molecule has 112 valence electrons. The number of aryl methyl sites for hydroxylation is 2. The molecule has 0 aromatic carbocycles. The van der Waals surface area contributed by atoms with Crippen LogP contribution in [-0.2, 0) is 12.8 Å². The van der Waals surface area contributed by atoms with Gasteiger partial charge in [0, 0.05) is 23.4 Å². The molecule has 0 bridgehead atoms. The number of anilines is 1. The zero-order chi connectivity index (χ0) is 14.4. The molecule has 2 aromatic heterocycles. The van der Waals surface area contributed by atoms with E-state index in [0.29, 0.717) is 6.54 Å². The monoisotopic (exact) mass is 305 g/mol. The Hall–Kier alpha value is -1.24. The van der Waals surface area contributed by atoms with Gasteiger partial charge < -0.3 is 15.1 Å². The number of aliphatic hydroxyl groups is 2. The molecule has 0 atom stereocenters. The van der Waals surface area contributed by atoms with Crippen LogP contribution in [-0.4, -0.2) is 46.5 Å². The molecule has 0 unspecified atom stereocenters. The maximum absolute atomic E-state index is 9.59. The van der Waals surface area contributed by atoms with E-state index in [9.17, 15) is 10.2 Å². The van der Waals surface area contributed by atoms with Gasteiger partial charge in [-0.15, -0.1) is 11.3 Å². The summed E-state index contributed by atoms with van der Waals surface area (Å²) in [6.07, 6.45) is 5.95. The fraction of sp³-hybridized carbons (Fsp3) is 0.600. The molecule has 4 rings (SSSR count). The lowest BCUT2D eigenvalue weighted by molar-refractivity contribution is 0.0727. The molecule has 2 aliphatic rings. The van der Waals surface area contributed by atoms with Crippen LogP contribution in [0.5, 0.6) is 0 Å². The van der Waals surface area contributed by atoms with E-state index < -0.39 is 5.41 Å². The van der Waals surface area contributed by atoms with Gasteiger partial charge in [0.2, 0.25) is 0 Å². The van der Waals surface area contributed by atoms with Crippen molar-refractivity contribution in [3.63, 3.8) is 0 Å². The van der Waals surface area contributed by atoms with E-state index in [1.807, 2.05) is 0 Å². The van der Waals surface area contributed by atoms with Gasteiger partial charge >= 0.3 is 0 Å². The predicted molar refractivity (Wildman–Crippen MR) is 82.9 cm³/mol. The average Bonchev–Trinajstić information content (AvgIpc) is 3.20. The van der Waals surface area contributed by atoms with Gasteiger partial charge in [0.05, 0.1) is 18.6 Å². The van der Waals surface area contributed by atoms with Crippen molar-refractivity contribution in [2.75, 3.05) is 31.2 Å². The Balaban J connectivity index is 1.78. The van der Waals surface area contributed by atoms with Crippen LogP contribution in [0.1, 0.15) is 23.3 Å². The highest BCUT2D eigenvalue weighted by molar-refractivity contribution is 7.19. The van der Waals surface area contributed by atoms with E-state index in [1.165, 1.54) is 22.2 Å². The van der Waals surface area contributed by atoms with E-state index in [0.717, 1.165) is 36.5 Å². The SMILES string of the molecule is OCC1(CO)CCN(c2ncnc3sc4c(c23)CCC4)C1. The molecule has 5 nitrogen and oxygen atoms in total. The van der Waals surface area contributed by atoms with Gasteiger partial charge in [-0.1, -0.05) is 0 Å². The third kappa shape index (κ3) is 1.97. The third-order valence-corrected chi connectivity index (χ3v) is 6.09. The summed E-state index contributed by atoms with van der Waals surface area (Å²) in [5.74, 6) is 0.989. The molecule has 1 aliphatic carbocycles. The largest absolute Gasteiger partial charge is 0.396 e. The minimum Gasteiger partial charge on any atom is -0.396 e. The summed E-state index contributed by atoms with van der Waals surface area (Å²) in [5.41, 5.74) is 1.03. The van der Waals surface area contributed by atoms with Gasteiger partial charge in [-0.05, 0) is 31.2 Å². The summed E-state index contributed by atoms with van der Waals surface area (Å²) < 4.78 is 0. The lowest BCUT2D eigenvalue weighted by Gasteiger charge is -2.25. The molecule has 1 saturated heterocycles. The molecule has 1 fully saturated rings. The highest BCUT2D eigenvalue weighted by Crippen LogP contribution is 2.42. The van der Waals surface area contributed by atoms with Crippen LogP contribution in [0.3, 0.4) is 0 Å². The molecule has 1 aliphatic heterocycles. The van der Waals surface area contributed by atoms with Crippen LogP contribution < -0.4 is 4.90 Å². The van der Waals surface area contributed by atoms with Gasteiger partial charge in [-0.25, -0.2) is 9.97 Å². The fourth-order valence-electron chi connectivity index (χ4n) is 3.58. The minimum absolute atomic E-state index is 0.0238. The molecular formula is C15H19N3O2S. The van der Waals surface area contributed by atoms with Crippen LogP contribution in [0, 0.1) is 5.41 Å². The summed E-state index contributed by atoms with van der Waals surface area (Å²) in [4.78, 5) is 13.7. The van der Waals surface area contributed by atoms with Crippen molar-refractivity contribution in [3.05, 3.63) is 16.8 Å². The Kier molecular flexibility index (Phi) is 3.13. The molecule has 3 heterocycles. The van der Waals surface area contributed by atoms with Gasteiger partial charge in [0.1, 0.15) is 17.0 Å². The zero-order valence-corrected chi connectivity index (χ0v) is 12.7. The van der Waals surface area contributed by atoms with Crippen molar-refractivity contribution < 1.29 is 10.2 Å². The minimum atomic E-state index is -0.392. The second-order valence-corrected chi connectivity index (χ2v) is 7.31. The quantitative estimate of drug-likeness (QED) is 0.896. The maximum atomic E-state index is 9.59. The van der Waals surface area contributed by atoms with Crippen molar-refractivity contribution in [1.29, 1.82) is 0 Å². The molecule has 0 amide bonds. The number of fused-ring (bicyclic) bond motifs is 3. The van der Waals surface area contributed by atoms with Crippen LogP contribution in [0.25, 0.3) is 10.2 Å². The molecule has 6 heteroatoms. The first-order valence-corrected chi connectivity index (χ1v) is 8.30.